The molecule has 1 aromatic carbocycles. The van der Waals surface area contributed by atoms with Gasteiger partial charge in [-0.15, -0.1) is 0 Å². The van der Waals surface area contributed by atoms with Crippen molar-refractivity contribution >= 4 is 5.84 Å². The first-order chi connectivity index (χ1) is 9.19. The number of oxime groups is 1. The summed E-state index contributed by atoms with van der Waals surface area (Å²) in [5.41, 5.74) is 6.63. The van der Waals surface area contributed by atoms with Crippen molar-refractivity contribution in [2.75, 3.05) is 0 Å². The highest BCUT2D eigenvalue weighted by molar-refractivity contribution is 5.97. The van der Waals surface area contributed by atoms with Gasteiger partial charge in [-0.2, -0.15) is 0 Å². The highest BCUT2D eigenvalue weighted by atomic mass is 19.1. The Morgan fingerprint density at radius 2 is 2.21 bits per heavy atom. The van der Waals surface area contributed by atoms with Crippen LogP contribution in [0.15, 0.2) is 47.9 Å². The second kappa shape index (κ2) is 5.81. The Kier molecular flexibility index (Phi) is 3.92. The molecule has 0 fully saturated rings. The Morgan fingerprint density at radius 3 is 2.95 bits per heavy atom. The van der Waals surface area contributed by atoms with Gasteiger partial charge < -0.3 is 15.7 Å². The fourth-order valence-electron chi connectivity index (χ4n) is 1.50. The van der Waals surface area contributed by atoms with Gasteiger partial charge in [0, 0.05) is 17.3 Å². The van der Waals surface area contributed by atoms with E-state index in [4.69, 9.17) is 15.7 Å². The summed E-state index contributed by atoms with van der Waals surface area (Å²) in [5, 5.41) is 11.5. The SMILES string of the molecule is N/C(=N/O)c1cccc(OCc2cncc(F)c2)c1. The molecule has 0 aliphatic carbocycles. The van der Waals surface area contributed by atoms with Gasteiger partial charge in [-0.3, -0.25) is 4.98 Å². The molecule has 0 aliphatic rings. The molecule has 1 aromatic heterocycles. The van der Waals surface area contributed by atoms with Crippen molar-refractivity contribution in [2.24, 2.45) is 10.9 Å². The molecule has 2 aromatic rings. The van der Waals surface area contributed by atoms with E-state index in [0.29, 0.717) is 16.9 Å². The highest BCUT2D eigenvalue weighted by Gasteiger charge is 2.02. The molecule has 0 saturated carbocycles. The van der Waals surface area contributed by atoms with Gasteiger partial charge in [0.05, 0.1) is 6.20 Å². The molecule has 1 heterocycles. The maximum atomic E-state index is 12.9. The Hall–Kier alpha value is -2.63. The fourth-order valence-corrected chi connectivity index (χ4v) is 1.50. The van der Waals surface area contributed by atoms with Crippen molar-refractivity contribution in [3.8, 4) is 5.75 Å². The molecule has 5 nitrogen and oxygen atoms in total. The summed E-state index contributed by atoms with van der Waals surface area (Å²) in [4.78, 5) is 3.73. The Labute approximate surface area is 109 Å². The largest absolute Gasteiger partial charge is 0.489 e. The van der Waals surface area contributed by atoms with Gasteiger partial charge >= 0.3 is 0 Å². The van der Waals surface area contributed by atoms with Gasteiger partial charge in [-0.1, -0.05) is 17.3 Å². The van der Waals surface area contributed by atoms with Crippen LogP contribution in [-0.2, 0) is 6.61 Å². The van der Waals surface area contributed by atoms with E-state index < -0.39 is 5.82 Å². The first kappa shape index (κ1) is 12.8. The molecule has 0 radical (unpaired) electrons. The molecule has 0 amide bonds. The van der Waals surface area contributed by atoms with E-state index in [1.54, 1.807) is 24.3 Å². The number of ether oxygens (including phenoxy) is 1. The predicted molar refractivity (Wildman–Crippen MR) is 67.5 cm³/mol. The van der Waals surface area contributed by atoms with Crippen molar-refractivity contribution in [1.29, 1.82) is 0 Å². The summed E-state index contributed by atoms with van der Waals surface area (Å²) in [6.07, 6.45) is 2.65. The zero-order chi connectivity index (χ0) is 13.7. The van der Waals surface area contributed by atoms with Gasteiger partial charge in [0.2, 0.25) is 0 Å². The van der Waals surface area contributed by atoms with Gasteiger partial charge in [-0.05, 0) is 18.2 Å². The lowest BCUT2D eigenvalue weighted by atomic mass is 10.2. The van der Waals surface area contributed by atoms with Gasteiger partial charge in [0.25, 0.3) is 0 Å². The molecule has 3 N–H and O–H groups in total. The van der Waals surface area contributed by atoms with Crippen molar-refractivity contribution in [1.82, 2.24) is 4.98 Å². The number of pyridine rings is 1. The minimum Gasteiger partial charge on any atom is -0.489 e. The third-order valence-electron chi connectivity index (χ3n) is 2.40. The van der Waals surface area contributed by atoms with E-state index in [0.717, 1.165) is 6.20 Å². The average Bonchev–Trinajstić information content (AvgIpc) is 2.45. The molecule has 98 valence electrons. The number of amidine groups is 1. The third kappa shape index (κ3) is 3.41. The van der Waals surface area contributed by atoms with Gasteiger partial charge in [0.15, 0.2) is 5.84 Å². The van der Waals surface area contributed by atoms with Gasteiger partial charge in [-0.25, -0.2) is 4.39 Å². The summed E-state index contributed by atoms with van der Waals surface area (Å²) in [6, 6.07) is 8.10. The monoisotopic (exact) mass is 261 g/mol. The lowest BCUT2D eigenvalue weighted by molar-refractivity contribution is 0.304. The Morgan fingerprint density at radius 1 is 1.37 bits per heavy atom. The van der Waals surface area contributed by atoms with Crippen LogP contribution in [0.1, 0.15) is 11.1 Å². The summed E-state index contributed by atoms with van der Waals surface area (Å²) in [6.45, 7) is 0.185. The molecule has 6 heteroatoms. The summed E-state index contributed by atoms with van der Waals surface area (Å²) >= 11 is 0. The van der Waals surface area contributed by atoms with Crippen LogP contribution in [0.3, 0.4) is 0 Å². The lowest BCUT2D eigenvalue weighted by Crippen LogP contribution is -2.12. The number of nitrogens with zero attached hydrogens (tertiary/aromatic N) is 2. The van der Waals surface area contributed by atoms with E-state index in [1.807, 2.05) is 0 Å². The smallest absolute Gasteiger partial charge is 0.170 e. The summed E-state index contributed by atoms with van der Waals surface area (Å²) in [5.74, 6) is 0.123. The number of halogens is 1. The predicted octanol–water partition coefficient (Wildman–Crippen LogP) is 1.89. The van der Waals surface area contributed by atoms with E-state index in [1.165, 1.54) is 12.3 Å². The van der Waals surface area contributed by atoms with Crippen LogP contribution in [0.4, 0.5) is 4.39 Å². The van der Waals surface area contributed by atoms with E-state index >= 15 is 0 Å². The molecular weight excluding hydrogens is 249 g/mol. The van der Waals surface area contributed by atoms with Crippen molar-refractivity contribution in [3.05, 3.63) is 59.7 Å². The number of nitrogens with two attached hydrogens (primary N) is 1. The standard InChI is InChI=1S/C13H12FN3O2/c14-11-4-9(6-16-7-11)8-19-12-3-1-2-10(5-12)13(15)17-18/h1-7,18H,8H2,(H2,15,17). The van der Waals surface area contributed by atoms with E-state index in [9.17, 15) is 4.39 Å². The second-order valence-corrected chi connectivity index (χ2v) is 3.81. The van der Waals surface area contributed by atoms with Crippen LogP contribution in [-0.4, -0.2) is 16.0 Å². The minimum atomic E-state index is -0.411. The number of hydrogen-bond donors (Lipinski definition) is 2. The normalized spacial score (nSPS) is 11.3. The summed E-state index contributed by atoms with van der Waals surface area (Å²) < 4.78 is 18.4. The molecule has 0 aliphatic heterocycles. The fraction of sp³-hybridized carbons (Fsp3) is 0.0769. The highest BCUT2D eigenvalue weighted by Crippen LogP contribution is 2.15. The molecule has 0 saturated heterocycles. The van der Waals surface area contributed by atoms with E-state index in [-0.39, 0.29) is 12.4 Å². The third-order valence-corrected chi connectivity index (χ3v) is 2.40. The molecule has 0 bridgehead atoms. The van der Waals surface area contributed by atoms with Crippen molar-refractivity contribution < 1.29 is 14.3 Å². The van der Waals surface area contributed by atoms with Crippen LogP contribution < -0.4 is 10.5 Å². The lowest BCUT2D eigenvalue weighted by Gasteiger charge is -2.07. The van der Waals surface area contributed by atoms with Gasteiger partial charge in [0.1, 0.15) is 18.2 Å². The van der Waals surface area contributed by atoms with Crippen LogP contribution in [0.25, 0.3) is 0 Å². The van der Waals surface area contributed by atoms with Crippen molar-refractivity contribution in [3.63, 3.8) is 0 Å². The van der Waals surface area contributed by atoms with Crippen LogP contribution in [0.2, 0.25) is 0 Å². The average molecular weight is 261 g/mol. The number of rotatable bonds is 4. The minimum absolute atomic E-state index is 0.00197. The Bertz CT molecular complexity index is 602. The molecule has 19 heavy (non-hydrogen) atoms. The maximum absolute atomic E-state index is 12.9. The molecular formula is C13H12FN3O2. The van der Waals surface area contributed by atoms with Crippen LogP contribution in [0, 0.1) is 5.82 Å². The summed E-state index contributed by atoms with van der Waals surface area (Å²) in [7, 11) is 0. The van der Waals surface area contributed by atoms with Crippen LogP contribution >= 0.6 is 0 Å². The molecule has 2 rings (SSSR count). The number of aromatic nitrogens is 1. The first-order valence-corrected chi connectivity index (χ1v) is 5.49. The van der Waals surface area contributed by atoms with Crippen molar-refractivity contribution in [2.45, 2.75) is 6.61 Å². The second-order valence-electron chi connectivity index (χ2n) is 3.81. The number of hydrogen-bond acceptors (Lipinski definition) is 4. The number of benzene rings is 1. The van der Waals surface area contributed by atoms with E-state index in [2.05, 4.69) is 10.1 Å². The zero-order valence-corrected chi connectivity index (χ0v) is 9.95. The maximum Gasteiger partial charge on any atom is 0.170 e. The molecule has 0 spiro atoms. The zero-order valence-electron chi connectivity index (χ0n) is 9.95. The van der Waals surface area contributed by atoms with Crippen LogP contribution in [0.5, 0.6) is 5.75 Å². The Balaban J connectivity index is 2.08. The topological polar surface area (TPSA) is 80.7 Å². The quantitative estimate of drug-likeness (QED) is 0.381. The molecule has 0 atom stereocenters. The molecule has 0 unspecified atom stereocenters. The first-order valence-electron chi connectivity index (χ1n) is 5.49.